The summed E-state index contributed by atoms with van der Waals surface area (Å²) < 4.78 is 3.73. The van der Waals surface area contributed by atoms with Crippen LogP contribution in [0.15, 0.2) is 43.0 Å². The van der Waals surface area contributed by atoms with E-state index in [0.29, 0.717) is 6.54 Å². The van der Waals surface area contributed by atoms with Crippen LogP contribution in [0.4, 0.5) is 5.69 Å². The second-order valence-electron chi connectivity index (χ2n) is 4.29. The van der Waals surface area contributed by atoms with Crippen LogP contribution in [0.5, 0.6) is 0 Å². The van der Waals surface area contributed by atoms with Gasteiger partial charge in [0, 0.05) is 24.6 Å². The molecule has 2 heterocycles. The van der Waals surface area contributed by atoms with Gasteiger partial charge in [-0.3, -0.25) is 0 Å². The lowest BCUT2D eigenvalue weighted by Gasteiger charge is -2.09. The van der Waals surface area contributed by atoms with Gasteiger partial charge in [-0.25, -0.2) is 9.67 Å². The number of aryl methyl sites for hydroxylation is 1. The fraction of sp³-hybridized carbons (Fsp3) is 0.231. The zero-order chi connectivity index (χ0) is 13.8. The van der Waals surface area contributed by atoms with Crippen molar-refractivity contribution in [3.05, 3.63) is 48.8 Å². The van der Waals surface area contributed by atoms with Gasteiger partial charge in [0.15, 0.2) is 0 Å². The Hall–Kier alpha value is -2.70. The van der Waals surface area contributed by atoms with E-state index in [1.165, 1.54) is 0 Å². The third-order valence-corrected chi connectivity index (χ3v) is 3.05. The highest BCUT2D eigenvalue weighted by molar-refractivity contribution is 5.50. The predicted octanol–water partition coefficient (Wildman–Crippen LogP) is 1.49. The van der Waals surface area contributed by atoms with Crippen molar-refractivity contribution < 1.29 is 0 Å². The fourth-order valence-electron chi connectivity index (χ4n) is 2.01. The molecule has 0 amide bonds. The molecular weight excluding hydrogens is 254 g/mol. The summed E-state index contributed by atoms with van der Waals surface area (Å²) in [7, 11) is 0. The van der Waals surface area contributed by atoms with Gasteiger partial charge in [0.1, 0.15) is 12.2 Å². The molecule has 0 atom stereocenters. The lowest BCUT2D eigenvalue weighted by atomic mass is 10.3. The first-order chi connectivity index (χ1) is 9.86. The summed E-state index contributed by atoms with van der Waals surface area (Å²) in [6.07, 6.45) is 5.37. The molecule has 1 N–H and O–H groups in total. The first-order valence-corrected chi connectivity index (χ1v) is 6.44. The van der Waals surface area contributed by atoms with Crippen LogP contribution in [0, 0.1) is 0 Å². The minimum Gasteiger partial charge on any atom is -0.378 e. The number of imidazole rings is 1. The maximum atomic E-state index is 4.34. The molecule has 7 nitrogen and oxygen atoms in total. The van der Waals surface area contributed by atoms with Crippen LogP contribution in [0.25, 0.3) is 5.69 Å². The summed E-state index contributed by atoms with van der Waals surface area (Å²) >= 11 is 0. The Labute approximate surface area is 116 Å². The molecular formula is C13H15N7. The largest absolute Gasteiger partial charge is 0.378 e. The monoisotopic (exact) mass is 269 g/mol. The molecule has 3 rings (SSSR count). The zero-order valence-corrected chi connectivity index (χ0v) is 11.1. The molecule has 3 aromatic rings. The van der Waals surface area contributed by atoms with Gasteiger partial charge in [-0.2, -0.15) is 0 Å². The predicted molar refractivity (Wildman–Crippen MR) is 74.4 cm³/mol. The highest BCUT2D eigenvalue weighted by Crippen LogP contribution is 2.14. The number of nitrogens with zero attached hydrogens (tertiary/aromatic N) is 6. The zero-order valence-electron chi connectivity index (χ0n) is 11.1. The average Bonchev–Trinajstić information content (AvgIpc) is 3.16. The van der Waals surface area contributed by atoms with E-state index >= 15 is 0 Å². The first-order valence-electron chi connectivity index (χ1n) is 6.44. The summed E-state index contributed by atoms with van der Waals surface area (Å²) in [4.78, 5) is 4.34. The van der Waals surface area contributed by atoms with Crippen molar-refractivity contribution in [2.75, 3.05) is 5.32 Å². The molecule has 0 radical (unpaired) electrons. The number of aromatic nitrogens is 6. The molecule has 0 spiro atoms. The molecule has 102 valence electrons. The second-order valence-corrected chi connectivity index (χ2v) is 4.29. The van der Waals surface area contributed by atoms with E-state index in [2.05, 4.69) is 37.3 Å². The second kappa shape index (κ2) is 5.52. The Balaban J connectivity index is 1.74. The van der Waals surface area contributed by atoms with Crippen LogP contribution in [-0.4, -0.2) is 29.8 Å². The van der Waals surface area contributed by atoms with Crippen molar-refractivity contribution in [1.82, 2.24) is 29.8 Å². The van der Waals surface area contributed by atoms with Crippen molar-refractivity contribution in [3.8, 4) is 5.69 Å². The van der Waals surface area contributed by atoms with E-state index in [1.807, 2.05) is 36.7 Å². The van der Waals surface area contributed by atoms with Crippen molar-refractivity contribution in [2.45, 2.75) is 20.0 Å². The van der Waals surface area contributed by atoms with Crippen molar-refractivity contribution in [2.24, 2.45) is 0 Å². The Morgan fingerprint density at radius 1 is 1.30 bits per heavy atom. The number of benzene rings is 1. The van der Waals surface area contributed by atoms with Gasteiger partial charge in [-0.1, -0.05) is 6.07 Å². The molecule has 0 unspecified atom stereocenters. The van der Waals surface area contributed by atoms with E-state index in [-0.39, 0.29) is 0 Å². The Morgan fingerprint density at radius 3 is 3.05 bits per heavy atom. The molecule has 7 heteroatoms. The number of tetrazole rings is 1. The average molecular weight is 269 g/mol. The van der Waals surface area contributed by atoms with Crippen LogP contribution in [0.1, 0.15) is 12.7 Å². The van der Waals surface area contributed by atoms with E-state index in [4.69, 9.17) is 0 Å². The van der Waals surface area contributed by atoms with Crippen molar-refractivity contribution in [1.29, 1.82) is 0 Å². The molecule has 1 aromatic carbocycles. The van der Waals surface area contributed by atoms with Crippen LogP contribution in [0.2, 0.25) is 0 Å². The van der Waals surface area contributed by atoms with Gasteiger partial charge in [0.05, 0.1) is 12.2 Å². The van der Waals surface area contributed by atoms with Gasteiger partial charge in [-0.05, 0) is 35.5 Å². The number of rotatable bonds is 5. The standard InChI is InChI=1S/C13H15N7/c1-2-19-7-6-14-13(19)9-15-11-4-3-5-12(8-11)20-10-16-17-18-20/h3-8,10,15H,2,9H2,1H3. The SMILES string of the molecule is CCn1ccnc1CNc1cccc(-n2cnnn2)c1. The third kappa shape index (κ3) is 2.51. The van der Waals surface area contributed by atoms with Crippen molar-refractivity contribution in [3.63, 3.8) is 0 Å². The summed E-state index contributed by atoms with van der Waals surface area (Å²) in [6, 6.07) is 7.92. The molecule has 0 aliphatic rings. The van der Waals surface area contributed by atoms with Crippen LogP contribution < -0.4 is 5.32 Å². The van der Waals surface area contributed by atoms with Crippen molar-refractivity contribution >= 4 is 5.69 Å². The Kier molecular flexibility index (Phi) is 3.40. The van der Waals surface area contributed by atoms with E-state index in [0.717, 1.165) is 23.7 Å². The smallest absolute Gasteiger partial charge is 0.143 e. The highest BCUT2D eigenvalue weighted by Gasteiger charge is 2.02. The Bertz CT molecular complexity index is 672. The first kappa shape index (κ1) is 12.3. The van der Waals surface area contributed by atoms with Gasteiger partial charge < -0.3 is 9.88 Å². The summed E-state index contributed by atoms with van der Waals surface area (Å²) in [5.41, 5.74) is 1.92. The van der Waals surface area contributed by atoms with E-state index in [9.17, 15) is 0 Å². The minimum absolute atomic E-state index is 0.680. The maximum absolute atomic E-state index is 4.34. The lowest BCUT2D eigenvalue weighted by molar-refractivity contribution is 0.708. The normalized spacial score (nSPS) is 10.7. The highest BCUT2D eigenvalue weighted by atomic mass is 15.5. The number of hydrogen-bond donors (Lipinski definition) is 1. The fourth-order valence-corrected chi connectivity index (χ4v) is 2.01. The van der Waals surface area contributed by atoms with Crippen LogP contribution in [0.3, 0.4) is 0 Å². The third-order valence-electron chi connectivity index (χ3n) is 3.05. The minimum atomic E-state index is 0.680. The van der Waals surface area contributed by atoms with Gasteiger partial charge in [0.2, 0.25) is 0 Å². The van der Waals surface area contributed by atoms with E-state index < -0.39 is 0 Å². The van der Waals surface area contributed by atoms with Gasteiger partial charge in [0.25, 0.3) is 0 Å². The molecule has 0 bridgehead atoms. The molecule has 0 fully saturated rings. The lowest BCUT2D eigenvalue weighted by Crippen LogP contribution is -2.07. The molecule has 20 heavy (non-hydrogen) atoms. The summed E-state index contributed by atoms with van der Waals surface area (Å²) in [5.74, 6) is 1.01. The molecule has 2 aromatic heterocycles. The number of nitrogens with one attached hydrogen (secondary N) is 1. The number of anilines is 1. The summed E-state index contributed by atoms with van der Waals surface area (Å²) in [5, 5.41) is 14.5. The van der Waals surface area contributed by atoms with E-state index in [1.54, 1.807) is 11.0 Å². The number of hydrogen-bond acceptors (Lipinski definition) is 5. The molecule has 0 aliphatic heterocycles. The Morgan fingerprint density at radius 2 is 2.25 bits per heavy atom. The van der Waals surface area contributed by atoms with Crippen LogP contribution in [-0.2, 0) is 13.1 Å². The quantitative estimate of drug-likeness (QED) is 0.759. The topological polar surface area (TPSA) is 73.5 Å². The van der Waals surface area contributed by atoms with Crippen LogP contribution >= 0.6 is 0 Å². The summed E-state index contributed by atoms with van der Waals surface area (Å²) in [6.45, 7) is 3.70. The maximum Gasteiger partial charge on any atom is 0.143 e. The molecule has 0 saturated heterocycles. The molecule has 0 aliphatic carbocycles. The van der Waals surface area contributed by atoms with Gasteiger partial charge >= 0.3 is 0 Å². The molecule has 0 saturated carbocycles. The van der Waals surface area contributed by atoms with Gasteiger partial charge in [-0.15, -0.1) is 5.10 Å².